The average molecular weight is 1010 g/mol. The van der Waals surface area contributed by atoms with Gasteiger partial charge in [-0.3, -0.25) is 0 Å². The molecule has 2 unspecified atom stereocenters. The lowest BCUT2D eigenvalue weighted by atomic mass is 9.69. The normalized spacial score (nSPS) is 26.0. The summed E-state index contributed by atoms with van der Waals surface area (Å²) in [6, 6.07) is 0. The molecule has 0 nitrogen and oxygen atoms in total. The monoisotopic (exact) mass is 1010 g/mol. The standard InChI is InChI=1S/3C9H18.2C8H16.C7H14.C6H11F3.C6H12.C6H14/c1-4-9(3)7-5-6-8(9)2;2*1-3-6-9(2)7-4-5-8-9;2*1-3-8(2)6-4-5-7-8;1-3-7(2)5-4-6-7;1-4-5(2,3)6(7,8)9;1-3-6(2)4-5-6;1-5-6(2,3)4/h8H,4-7H2,1-3H3;2*3-8H2,1-2H3;2*3-7H2,1-2H3;3-6H2,1-2H3;4H2,1-3H3;3-5H2,1-2H3;5H2,1-4H3/i;;;;;;;;5D2. The van der Waals surface area contributed by atoms with Gasteiger partial charge in [-0.15, -0.1) is 0 Å². The highest BCUT2D eigenvalue weighted by molar-refractivity contribution is 4.87. The van der Waals surface area contributed by atoms with Gasteiger partial charge in [0, 0.05) is 2.74 Å². The van der Waals surface area contributed by atoms with Crippen molar-refractivity contribution in [1.29, 1.82) is 0 Å². The molecule has 0 N–H and O–H groups in total. The zero-order valence-corrected chi connectivity index (χ0v) is 53.3. The Morgan fingerprint density at radius 1 is 0.394 bits per heavy atom. The fraction of sp³-hybridized carbons (Fsp3) is 1.00. The zero-order valence-electron chi connectivity index (χ0n) is 55.3. The molecule has 0 aromatic rings. The summed E-state index contributed by atoms with van der Waals surface area (Å²) in [4.78, 5) is 0. The molecule has 7 fully saturated rings. The third-order valence-corrected chi connectivity index (χ3v) is 20.8. The SMILES string of the molecule is CCC(C)(C)C(F)(F)F.CCC1(C)CC1.CCC1(C)CCC1.CCC1(C)CCCC1.CCC1(C)CCCC1.CCC1(C)CCCC1C.CCCC1(C)CCCC1.CCCC1(C)CCCC1.[2H]C([2H])(C)C(C)(C)C. The van der Waals surface area contributed by atoms with E-state index in [0.29, 0.717) is 5.41 Å². The van der Waals surface area contributed by atoms with Crippen LogP contribution in [-0.2, 0) is 0 Å². The first-order chi connectivity index (χ1) is 33.4. The smallest absolute Gasteiger partial charge is 0.171 e. The highest BCUT2D eigenvalue weighted by atomic mass is 19.4. The maximum atomic E-state index is 11.8. The summed E-state index contributed by atoms with van der Waals surface area (Å²) in [5, 5.41) is 0. The van der Waals surface area contributed by atoms with E-state index in [1.165, 1.54) is 233 Å². The van der Waals surface area contributed by atoms with Crippen LogP contribution in [0.1, 0.15) is 380 Å². The van der Waals surface area contributed by atoms with Gasteiger partial charge in [0.05, 0.1) is 5.41 Å². The predicted octanol–water partition coefficient (Wildman–Crippen LogP) is 26.1. The molecule has 0 heterocycles. The molecule has 0 saturated heterocycles. The van der Waals surface area contributed by atoms with Gasteiger partial charge in [0.1, 0.15) is 0 Å². The van der Waals surface area contributed by atoms with Crippen LogP contribution in [0.2, 0.25) is 0 Å². The van der Waals surface area contributed by atoms with Crippen LogP contribution < -0.4 is 0 Å². The largest absolute Gasteiger partial charge is 0.393 e. The van der Waals surface area contributed by atoms with Crippen molar-refractivity contribution >= 4 is 0 Å². The summed E-state index contributed by atoms with van der Waals surface area (Å²) in [5.74, 6) is 0.975. The fourth-order valence-electron chi connectivity index (χ4n) is 11.2. The maximum absolute atomic E-state index is 11.8. The van der Waals surface area contributed by atoms with Gasteiger partial charge < -0.3 is 0 Å². The van der Waals surface area contributed by atoms with Crippen molar-refractivity contribution in [3.63, 3.8) is 0 Å². The molecule has 0 spiro atoms. The second kappa shape index (κ2) is 34.5. The van der Waals surface area contributed by atoms with Crippen LogP contribution in [0.3, 0.4) is 0 Å². The van der Waals surface area contributed by atoms with Crippen molar-refractivity contribution in [3.8, 4) is 0 Å². The number of halogens is 3. The van der Waals surface area contributed by atoms with Crippen LogP contribution in [0.4, 0.5) is 13.2 Å². The number of alkyl halides is 3. The average Bonchev–Trinajstić information content (AvgIpc) is 3.94. The number of hydrogen-bond donors (Lipinski definition) is 0. The lowest BCUT2D eigenvalue weighted by Crippen LogP contribution is -2.30. The molecule has 71 heavy (non-hydrogen) atoms. The van der Waals surface area contributed by atoms with E-state index in [4.69, 9.17) is 2.74 Å². The van der Waals surface area contributed by atoms with E-state index in [0.717, 1.165) is 38.4 Å². The Balaban J connectivity index is 0. The summed E-state index contributed by atoms with van der Waals surface area (Å²) < 4.78 is 50.0. The van der Waals surface area contributed by atoms with E-state index >= 15 is 0 Å². The van der Waals surface area contributed by atoms with Gasteiger partial charge >= 0.3 is 6.18 Å². The molecule has 3 heteroatoms. The van der Waals surface area contributed by atoms with Gasteiger partial charge in [-0.1, -0.05) is 274 Å². The lowest BCUT2D eigenvalue weighted by Gasteiger charge is -2.37. The third-order valence-electron chi connectivity index (χ3n) is 20.8. The second-order valence-corrected chi connectivity index (χ2v) is 29.0. The van der Waals surface area contributed by atoms with Crippen LogP contribution in [0, 0.1) is 54.7 Å². The Morgan fingerprint density at radius 3 is 0.761 bits per heavy atom. The molecule has 0 aromatic heterocycles. The topological polar surface area (TPSA) is 0 Å². The van der Waals surface area contributed by atoms with E-state index < -0.39 is 18.0 Å². The van der Waals surface area contributed by atoms with Gasteiger partial charge in [0.15, 0.2) is 0 Å². The van der Waals surface area contributed by atoms with Crippen molar-refractivity contribution in [3.05, 3.63) is 0 Å². The molecule has 0 amide bonds. The Hall–Kier alpha value is -0.210. The van der Waals surface area contributed by atoms with Crippen LogP contribution in [-0.4, -0.2) is 6.18 Å². The van der Waals surface area contributed by atoms with Gasteiger partial charge in [-0.05, 0) is 152 Å². The second-order valence-electron chi connectivity index (χ2n) is 29.0. The first-order valence-corrected chi connectivity index (χ1v) is 31.4. The summed E-state index contributed by atoms with van der Waals surface area (Å²) in [7, 11) is 0. The quantitative estimate of drug-likeness (QED) is 0.205. The number of hydrogen-bond acceptors (Lipinski definition) is 0. The van der Waals surface area contributed by atoms with E-state index in [2.05, 4.69) is 104 Å². The minimum Gasteiger partial charge on any atom is -0.171 e. The Bertz CT molecular complexity index is 1260. The molecule has 0 aromatic carbocycles. The van der Waals surface area contributed by atoms with Crippen molar-refractivity contribution in [2.24, 2.45) is 54.7 Å². The van der Waals surface area contributed by atoms with Gasteiger partial charge in [0.2, 0.25) is 0 Å². The zero-order chi connectivity index (χ0) is 57.1. The Morgan fingerprint density at radius 2 is 0.662 bits per heavy atom. The van der Waals surface area contributed by atoms with E-state index in [1.54, 1.807) is 6.92 Å². The highest BCUT2D eigenvalue weighted by Crippen LogP contribution is 2.48. The van der Waals surface area contributed by atoms with Crippen molar-refractivity contribution < 1.29 is 15.9 Å². The first-order valence-electron chi connectivity index (χ1n) is 32.4. The molecule has 2 atom stereocenters. The molecule has 0 aliphatic heterocycles. The van der Waals surface area contributed by atoms with Crippen LogP contribution >= 0.6 is 0 Å². The summed E-state index contributed by atoms with van der Waals surface area (Å²) in [5.41, 5.74) is 3.46. The molecule has 430 valence electrons. The van der Waals surface area contributed by atoms with Crippen molar-refractivity contribution in [1.82, 2.24) is 0 Å². The molecule has 7 saturated carbocycles. The molecule has 0 bridgehead atoms. The molecule has 7 aliphatic carbocycles. The summed E-state index contributed by atoms with van der Waals surface area (Å²) in [6.07, 6.45) is 43.0. The van der Waals surface area contributed by atoms with Crippen LogP contribution in [0.5, 0.6) is 0 Å². The molecule has 7 aliphatic rings. The summed E-state index contributed by atoms with van der Waals surface area (Å²) >= 11 is 0. The first kappa shape index (κ1) is 68.8. The highest BCUT2D eigenvalue weighted by Gasteiger charge is 2.45. The van der Waals surface area contributed by atoms with Crippen LogP contribution in [0.15, 0.2) is 0 Å². The van der Waals surface area contributed by atoms with E-state index in [9.17, 15) is 13.2 Å². The fourth-order valence-corrected chi connectivity index (χ4v) is 11.2. The maximum Gasteiger partial charge on any atom is 0.393 e. The molecular weight excluding hydrogens is 874 g/mol. The van der Waals surface area contributed by atoms with Crippen molar-refractivity contribution in [2.45, 2.75) is 383 Å². The third kappa shape index (κ3) is 32.2. The minimum atomic E-state index is -4.05. The summed E-state index contributed by atoms with van der Waals surface area (Å²) in [6.45, 7) is 46.6. The van der Waals surface area contributed by atoms with Gasteiger partial charge in [0.25, 0.3) is 0 Å². The molecule has 0 radical (unpaired) electrons. The number of rotatable bonds is 10. The van der Waals surface area contributed by atoms with E-state index in [1.807, 2.05) is 20.8 Å². The van der Waals surface area contributed by atoms with Crippen LogP contribution in [0.25, 0.3) is 0 Å². The van der Waals surface area contributed by atoms with Crippen molar-refractivity contribution in [2.75, 3.05) is 0 Å². The lowest BCUT2D eigenvalue weighted by molar-refractivity contribution is -0.212. The molecule has 7 rings (SSSR count). The Labute approximate surface area is 452 Å². The Kier molecular flexibility index (Phi) is 33.5. The minimum absolute atomic E-state index is 0.135. The van der Waals surface area contributed by atoms with Gasteiger partial charge in [-0.25, -0.2) is 0 Å². The van der Waals surface area contributed by atoms with E-state index in [-0.39, 0.29) is 11.8 Å². The van der Waals surface area contributed by atoms with Gasteiger partial charge in [-0.2, -0.15) is 13.2 Å². The predicted molar refractivity (Wildman–Crippen MR) is 318 cm³/mol. The molecular formula is C68H137F3.